The van der Waals surface area contributed by atoms with Gasteiger partial charge in [0.05, 0.1) is 5.02 Å². The zero-order valence-electron chi connectivity index (χ0n) is 8.18. The Hall–Kier alpha value is -0.800. The van der Waals surface area contributed by atoms with E-state index < -0.39 is 0 Å². The minimum atomic E-state index is -0.358. The third-order valence-electron chi connectivity index (χ3n) is 1.71. The summed E-state index contributed by atoms with van der Waals surface area (Å²) in [6.07, 6.45) is 0.00274. The monoisotopic (exact) mass is 217 g/mol. The van der Waals surface area contributed by atoms with Crippen molar-refractivity contribution in [1.29, 1.82) is 0 Å². The Balaban J connectivity index is 2.67. The molecule has 14 heavy (non-hydrogen) atoms. The second kappa shape index (κ2) is 5.17. The molecule has 0 aliphatic carbocycles. The molecule has 0 amide bonds. The lowest BCUT2D eigenvalue weighted by Gasteiger charge is -2.14. The van der Waals surface area contributed by atoms with Gasteiger partial charge in [0.1, 0.15) is 17.7 Å². The molecule has 1 atom stereocenters. The Labute approximate surface area is 88.0 Å². The normalized spacial score (nSPS) is 12.6. The summed E-state index contributed by atoms with van der Waals surface area (Å²) in [7, 11) is 1.84. The van der Waals surface area contributed by atoms with Crippen LogP contribution in [-0.4, -0.2) is 19.7 Å². The highest BCUT2D eigenvalue weighted by molar-refractivity contribution is 6.32. The van der Waals surface area contributed by atoms with Gasteiger partial charge in [0.25, 0.3) is 0 Å². The molecular formula is C10H13ClFNO. The standard InChI is InChI=1S/C10H13ClFNO/c1-7(6-13-2)14-10-4-3-8(12)5-9(10)11/h3-5,7,13H,6H2,1-2H3. The van der Waals surface area contributed by atoms with Crippen LogP contribution in [0.1, 0.15) is 6.92 Å². The molecule has 1 rings (SSSR count). The highest BCUT2D eigenvalue weighted by Gasteiger charge is 2.07. The molecule has 4 heteroatoms. The van der Waals surface area contributed by atoms with Crippen molar-refractivity contribution < 1.29 is 9.13 Å². The summed E-state index contributed by atoms with van der Waals surface area (Å²) < 4.78 is 18.2. The lowest BCUT2D eigenvalue weighted by molar-refractivity contribution is 0.220. The minimum absolute atomic E-state index is 0.00274. The van der Waals surface area contributed by atoms with E-state index in [2.05, 4.69) is 5.32 Å². The Morgan fingerprint density at radius 2 is 2.29 bits per heavy atom. The van der Waals surface area contributed by atoms with Crippen LogP contribution in [0.3, 0.4) is 0 Å². The van der Waals surface area contributed by atoms with Crippen LogP contribution < -0.4 is 10.1 Å². The average molecular weight is 218 g/mol. The Bertz CT molecular complexity index is 306. The smallest absolute Gasteiger partial charge is 0.138 e. The van der Waals surface area contributed by atoms with E-state index in [-0.39, 0.29) is 11.9 Å². The quantitative estimate of drug-likeness (QED) is 0.837. The number of halogens is 2. The van der Waals surface area contributed by atoms with Gasteiger partial charge in [-0.3, -0.25) is 0 Å². The highest BCUT2D eigenvalue weighted by atomic mass is 35.5. The first-order valence-electron chi connectivity index (χ1n) is 4.39. The van der Waals surface area contributed by atoms with Gasteiger partial charge in [-0.2, -0.15) is 0 Å². The molecule has 0 radical (unpaired) electrons. The van der Waals surface area contributed by atoms with E-state index in [0.29, 0.717) is 17.3 Å². The molecule has 1 aromatic rings. The summed E-state index contributed by atoms with van der Waals surface area (Å²) in [5.74, 6) is 0.152. The number of nitrogens with one attached hydrogen (secondary N) is 1. The lowest BCUT2D eigenvalue weighted by atomic mass is 10.3. The van der Waals surface area contributed by atoms with Crippen LogP contribution in [0.5, 0.6) is 5.75 Å². The summed E-state index contributed by atoms with van der Waals surface area (Å²) in [6.45, 7) is 2.63. The molecule has 0 saturated heterocycles. The maximum Gasteiger partial charge on any atom is 0.138 e. The summed E-state index contributed by atoms with van der Waals surface area (Å²) in [4.78, 5) is 0. The third-order valence-corrected chi connectivity index (χ3v) is 2.01. The zero-order chi connectivity index (χ0) is 10.6. The average Bonchev–Trinajstić information content (AvgIpc) is 2.10. The topological polar surface area (TPSA) is 21.3 Å². The van der Waals surface area contributed by atoms with Crippen LogP contribution in [-0.2, 0) is 0 Å². The molecule has 1 aromatic carbocycles. The lowest BCUT2D eigenvalue weighted by Crippen LogP contribution is -2.26. The molecule has 0 saturated carbocycles. The van der Waals surface area contributed by atoms with Crippen molar-refractivity contribution in [3.05, 3.63) is 29.0 Å². The van der Waals surface area contributed by atoms with Gasteiger partial charge in [0.2, 0.25) is 0 Å². The SMILES string of the molecule is CNCC(C)Oc1ccc(F)cc1Cl. The number of ether oxygens (including phenoxy) is 1. The first-order valence-corrected chi connectivity index (χ1v) is 4.77. The molecular weight excluding hydrogens is 205 g/mol. The molecule has 0 aliphatic rings. The van der Waals surface area contributed by atoms with Crippen LogP contribution in [0, 0.1) is 5.82 Å². The molecule has 78 valence electrons. The van der Waals surface area contributed by atoms with Crippen LogP contribution in [0.2, 0.25) is 5.02 Å². The fourth-order valence-electron chi connectivity index (χ4n) is 1.12. The van der Waals surface area contributed by atoms with Crippen molar-refractivity contribution in [1.82, 2.24) is 5.32 Å². The van der Waals surface area contributed by atoms with Crippen molar-refractivity contribution in [3.8, 4) is 5.75 Å². The fourth-order valence-corrected chi connectivity index (χ4v) is 1.33. The van der Waals surface area contributed by atoms with Crippen molar-refractivity contribution in [2.45, 2.75) is 13.0 Å². The van der Waals surface area contributed by atoms with Gasteiger partial charge in [-0.05, 0) is 32.2 Å². The largest absolute Gasteiger partial charge is 0.488 e. The first-order chi connectivity index (χ1) is 6.63. The molecule has 1 unspecified atom stereocenters. The van der Waals surface area contributed by atoms with E-state index in [1.165, 1.54) is 18.2 Å². The maximum atomic E-state index is 12.7. The van der Waals surface area contributed by atoms with Crippen molar-refractivity contribution >= 4 is 11.6 Å². The van der Waals surface area contributed by atoms with Gasteiger partial charge in [0.15, 0.2) is 0 Å². The van der Waals surface area contributed by atoms with E-state index in [1.54, 1.807) is 0 Å². The molecule has 1 N–H and O–H groups in total. The summed E-state index contributed by atoms with van der Waals surface area (Å²) >= 11 is 5.79. The molecule has 0 aromatic heterocycles. The van der Waals surface area contributed by atoms with Gasteiger partial charge in [-0.25, -0.2) is 4.39 Å². The molecule has 2 nitrogen and oxygen atoms in total. The van der Waals surface area contributed by atoms with E-state index in [0.717, 1.165) is 0 Å². The minimum Gasteiger partial charge on any atom is -0.488 e. The van der Waals surface area contributed by atoms with E-state index in [4.69, 9.17) is 16.3 Å². The van der Waals surface area contributed by atoms with Crippen LogP contribution in [0.25, 0.3) is 0 Å². The van der Waals surface area contributed by atoms with E-state index in [9.17, 15) is 4.39 Å². The molecule has 0 fully saturated rings. The molecule has 0 heterocycles. The van der Waals surface area contributed by atoms with Crippen molar-refractivity contribution in [3.63, 3.8) is 0 Å². The predicted octanol–water partition coefficient (Wildman–Crippen LogP) is 2.47. The number of hydrogen-bond donors (Lipinski definition) is 1. The Morgan fingerprint density at radius 1 is 1.57 bits per heavy atom. The second-order valence-electron chi connectivity index (χ2n) is 3.06. The number of rotatable bonds is 4. The van der Waals surface area contributed by atoms with E-state index >= 15 is 0 Å². The maximum absolute atomic E-state index is 12.7. The predicted molar refractivity (Wildman–Crippen MR) is 55.4 cm³/mol. The summed E-state index contributed by atoms with van der Waals surface area (Å²) in [5.41, 5.74) is 0. The van der Waals surface area contributed by atoms with Crippen molar-refractivity contribution in [2.24, 2.45) is 0 Å². The molecule has 0 aliphatic heterocycles. The number of benzene rings is 1. The van der Waals surface area contributed by atoms with Gasteiger partial charge in [-0.15, -0.1) is 0 Å². The number of hydrogen-bond acceptors (Lipinski definition) is 2. The van der Waals surface area contributed by atoms with Gasteiger partial charge >= 0.3 is 0 Å². The van der Waals surface area contributed by atoms with Gasteiger partial charge in [0, 0.05) is 6.54 Å². The first kappa shape index (κ1) is 11.3. The fraction of sp³-hybridized carbons (Fsp3) is 0.400. The summed E-state index contributed by atoms with van der Waals surface area (Å²) in [6, 6.07) is 4.10. The van der Waals surface area contributed by atoms with Crippen LogP contribution in [0.4, 0.5) is 4.39 Å². The van der Waals surface area contributed by atoms with Crippen LogP contribution in [0.15, 0.2) is 18.2 Å². The van der Waals surface area contributed by atoms with Gasteiger partial charge in [-0.1, -0.05) is 11.6 Å². The van der Waals surface area contributed by atoms with Crippen LogP contribution >= 0.6 is 11.6 Å². The summed E-state index contributed by atoms with van der Waals surface area (Å²) in [5, 5.41) is 3.28. The molecule has 0 bridgehead atoms. The van der Waals surface area contributed by atoms with Crippen molar-refractivity contribution in [2.75, 3.05) is 13.6 Å². The van der Waals surface area contributed by atoms with E-state index in [1.807, 2.05) is 14.0 Å². The Kier molecular flexibility index (Phi) is 4.17. The second-order valence-corrected chi connectivity index (χ2v) is 3.47. The number of likely N-dealkylation sites (N-methyl/N-ethyl adjacent to an activating group) is 1. The van der Waals surface area contributed by atoms with Gasteiger partial charge < -0.3 is 10.1 Å². The third kappa shape index (κ3) is 3.16. The Morgan fingerprint density at radius 3 is 2.86 bits per heavy atom. The zero-order valence-corrected chi connectivity index (χ0v) is 8.94. The highest BCUT2D eigenvalue weighted by Crippen LogP contribution is 2.25. The molecule has 0 spiro atoms.